The Morgan fingerprint density at radius 2 is 2.45 bits per heavy atom. The van der Waals surface area contributed by atoms with Crippen LogP contribution < -0.4 is 5.32 Å². The van der Waals surface area contributed by atoms with Gasteiger partial charge < -0.3 is 5.32 Å². The van der Waals surface area contributed by atoms with Crippen LogP contribution in [0.25, 0.3) is 0 Å². The van der Waals surface area contributed by atoms with Crippen molar-refractivity contribution in [3.8, 4) is 0 Å². The van der Waals surface area contributed by atoms with Crippen molar-refractivity contribution in [1.29, 1.82) is 0 Å². The number of aromatic nitrogens is 2. The highest BCUT2D eigenvalue weighted by molar-refractivity contribution is 6.18. The third kappa shape index (κ3) is 2.16. The van der Waals surface area contributed by atoms with Gasteiger partial charge in [0, 0.05) is 12.4 Å². The van der Waals surface area contributed by atoms with Crippen LogP contribution >= 0.6 is 11.6 Å². The van der Waals surface area contributed by atoms with Crippen molar-refractivity contribution in [3.63, 3.8) is 0 Å². The third-order valence-corrected chi connectivity index (χ3v) is 1.16. The van der Waals surface area contributed by atoms with Gasteiger partial charge in [-0.3, -0.25) is 9.78 Å². The summed E-state index contributed by atoms with van der Waals surface area (Å²) in [6, 6.07) is 0.0788. The molecule has 0 aromatic carbocycles. The lowest BCUT2D eigenvalue weighted by Gasteiger charge is -1.97. The SMILES string of the molecule is O=C(NCCl)c1cnccn1. The smallest absolute Gasteiger partial charge is 0.272 e. The first-order valence-electron chi connectivity index (χ1n) is 2.95. The van der Waals surface area contributed by atoms with Crippen molar-refractivity contribution >= 4 is 17.5 Å². The molecule has 1 rings (SSSR count). The summed E-state index contributed by atoms with van der Waals surface area (Å²) in [6.07, 6.45) is 4.32. The Balaban J connectivity index is 2.69. The van der Waals surface area contributed by atoms with E-state index in [0.29, 0.717) is 0 Å². The Kier molecular flexibility index (Phi) is 2.80. The average molecular weight is 172 g/mol. The summed E-state index contributed by atoms with van der Waals surface area (Å²) in [7, 11) is 0. The van der Waals surface area contributed by atoms with E-state index in [-0.39, 0.29) is 17.6 Å². The van der Waals surface area contributed by atoms with Gasteiger partial charge in [0.25, 0.3) is 5.91 Å². The van der Waals surface area contributed by atoms with E-state index in [1.165, 1.54) is 18.6 Å². The second kappa shape index (κ2) is 3.88. The van der Waals surface area contributed by atoms with Crippen molar-refractivity contribution < 1.29 is 4.79 Å². The van der Waals surface area contributed by atoms with Gasteiger partial charge in [-0.05, 0) is 0 Å². The van der Waals surface area contributed by atoms with E-state index in [2.05, 4.69) is 15.3 Å². The fraction of sp³-hybridized carbons (Fsp3) is 0.167. The summed E-state index contributed by atoms with van der Waals surface area (Å²) in [6.45, 7) is 0. The molecule has 0 saturated carbocycles. The molecular weight excluding hydrogens is 166 g/mol. The van der Waals surface area contributed by atoms with Crippen molar-refractivity contribution in [2.45, 2.75) is 0 Å². The lowest BCUT2D eigenvalue weighted by Crippen LogP contribution is -2.22. The van der Waals surface area contributed by atoms with E-state index >= 15 is 0 Å². The minimum absolute atomic E-state index is 0.0788. The molecule has 1 amide bonds. The molecule has 0 atom stereocenters. The second-order valence-electron chi connectivity index (χ2n) is 1.73. The quantitative estimate of drug-likeness (QED) is 0.518. The number of hydrogen-bond acceptors (Lipinski definition) is 3. The number of hydrogen-bond donors (Lipinski definition) is 1. The Labute approximate surface area is 68.6 Å². The standard InChI is InChI=1S/C6H6ClN3O/c7-4-10-6(11)5-3-8-1-2-9-5/h1-3H,4H2,(H,10,11). The maximum absolute atomic E-state index is 10.9. The molecule has 1 heterocycles. The molecule has 0 radical (unpaired) electrons. The molecule has 11 heavy (non-hydrogen) atoms. The first-order valence-corrected chi connectivity index (χ1v) is 3.48. The largest absolute Gasteiger partial charge is 0.337 e. The molecule has 0 aliphatic carbocycles. The fourth-order valence-electron chi connectivity index (χ4n) is 0.568. The van der Waals surface area contributed by atoms with Gasteiger partial charge in [0.05, 0.1) is 12.2 Å². The van der Waals surface area contributed by atoms with Gasteiger partial charge >= 0.3 is 0 Å². The van der Waals surface area contributed by atoms with Gasteiger partial charge in [0.15, 0.2) is 0 Å². The number of amides is 1. The molecule has 1 aromatic rings. The number of carbonyl (C=O) groups is 1. The molecular formula is C6H6ClN3O. The van der Waals surface area contributed by atoms with E-state index in [4.69, 9.17) is 11.6 Å². The molecule has 0 saturated heterocycles. The highest BCUT2D eigenvalue weighted by Crippen LogP contribution is 1.88. The summed E-state index contributed by atoms with van der Waals surface area (Å²) in [5.74, 6) is -0.312. The van der Waals surface area contributed by atoms with Gasteiger partial charge in [-0.1, -0.05) is 0 Å². The number of nitrogens with one attached hydrogen (secondary N) is 1. The van der Waals surface area contributed by atoms with Crippen LogP contribution in [-0.2, 0) is 0 Å². The molecule has 0 aliphatic rings. The third-order valence-electron chi connectivity index (χ3n) is 1.02. The van der Waals surface area contributed by atoms with E-state index in [0.717, 1.165) is 0 Å². The summed E-state index contributed by atoms with van der Waals surface area (Å²) in [4.78, 5) is 18.4. The highest BCUT2D eigenvalue weighted by atomic mass is 35.5. The summed E-state index contributed by atoms with van der Waals surface area (Å²) < 4.78 is 0. The molecule has 0 aliphatic heterocycles. The maximum Gasteiger partial charge on any atom is 0.272 e. The Hall–Kier alpha value is -1.16. The summed E-state index contributed by atoms with van der Waals surface area (Å²) >= 11 is 5.27. The minimum atomic E-state index is -0.312. The zero-order valence-electron chi connectivity index (χ0n) is 5.62. The first-order chi connectivity index (χ1) is 5.34. The molecule has 1 N–H and O–H groups in total. The lowest BCUT2D eigenvalue weighted by molar-refractivity contribution is 0.0955. The monoisotopic (exact) mass is 171 g/mol. The van der Waals surface area contributed by atoms with Gasteiger partial charge in [-0.2, -0.15) is 0 Å². The summed E-state index contributed by atoms with van der Waals surface area (Å²) in [5, 5.41) is 2.39. The highest BCUT2D eigenvalue weighted by Gasteiger charge is 2.03. The molecule has 4 nitrogen and oxygen atoms in total. The normalized spacial score (nSPS) is 9.18. The zero-order valence-corrected chi connectivity index (χ0v) is 6.38. The van der Waals surface area contributed by atoms with Gasteiger partial charge in [-0.15, -0.1) is 11.6 Å². The van der Waals surface area contributed by atoms with Crippen LogP contribution in [0.3, 0.4) is 0 Å². The zero-order chi connectivity index (χ0) is 8.10. The van der Waals surface area contributed by atoms with Gasteiger partial charge in [-0.25, -0.2) is 4.98 Å². The van der Waals surface area contributed by atoms with Crippen molar-refractivity contribution in [1.82, 2.24) is 15.3 Å². The van der Waals surface area contributed by atoms with Gasteiger partial charge in [0.2, 0.25) is 0 Å². The second-order valence-corrected chi connectivity index (χ2v) is 2.00. The minimum Gasteiger partial charge on any atom is -0.337 e. The van der Waals surface area contributed by atoms with Crippen LogP contribution in [0.15, 0.2) is 18.6 Å². The van der Waals surface area contributed by atoms with E-state index in [9.17, 15) is 4.79 Å². The Bertz CT molecular complexity index is 239. The Morgan fingerprint density at radius 3 is 3.00 bits per heavy atom. The van der Waals surface area contributed by atoms with E-state index in [1.807, 2.05) is 0 Å². The van der Waals surface area contributed by atoms with E-state index in [1.54, 1.807) is 0 Å². The Morgan fingerprint density at radius 1 is 1.64 bits per heavy atom. The predicted octanol–water partition coefficient (Wildman–Crippen LogP) is 0.403. The summed E-state index contributed by atoms with van der Waals surface area (Å²) in [5.41, 5.74) is 0.271. The van der Waals surface area contributed by atoms with Crippen molar-refractivity contribution in [3.05, 3.63) is 24.3 Å². The van der Waals surface area contributed by atoms with Crippen molar-refractivity contribution in [2.24, 2.45) is 0 Å². The van der Waals surface area contributed by atoms with Gasteiger partial charge in [0.1, 0.15) is 5.69 Å². The number of carbonyl (C=O) groups excluding carboxylic acids is 1. The molecule has 0 unspecified atom stereocenters. The fourth-order valence-corrected chi connectivity index (χ4v) is 0.689. The molecule has 5 heteroatoms. The van der Waals surface area contributed by atoms with Crippen LogP contribution in [0.5, 0.6) is 0 Å². The molecule has 58 valence electrons. The van der Waals surface area contributed by atoms with Crippen LogP contribution in [0.1, 0.15) is 10.5 Å². The first kappa shape index (κ1) is 7.94. The number of alkyl halides is 1. The topological polar surface area (TPSA) is 54.9 Å². The van der Waals surface area contributed by atoms with Crippen LogP contribution in [0.2, 0.25) is 0 Å². The number of rotatable bonds is 2. The lowest BCUT2D eigenvalue weighted by atomic mass is 10.4. The molecule has 0 spiro atoms. The molecule has 1 aromatic heterocycles. The van der Waals surface area contributed by atoms with E-state index < -0.39 is 0 Å². The predicted molar refractivity (Wildman–Crippen MR) is 40.2 cm³/mol. The van der Waals surface area contributed by atoms with Crippen LogP contribution in [0.4, 0.5) is 0 Å². The van der Waals surface area contributed by atoms with Crippen LogP contribution in [0, 0.1) is 0 Å². The average Bonchev–Trinajstić information content (AvgIpc) is 2.07. The number of halogens is 1. The van der Waals surface area contributed by atoms with Crippen molar-refractivity contribution in [2.75, 3.05) is 6.00 Å². The number of nitrogens with zero attached hydrogens (tertiary/aromatic N) is 2. The molecule has 0 bridgehead atoms. The maximum atomic E-state index is 10.9. The van der Waals surface area contributed by atoms with Crippen LogP contribution in [-0.4, -0.2) is 21.9 Å². The molecule has 0 fully saturated rings.